The van der Waals surface area contributed by atoms with E-state index in [1.807, 2.05) is 19.1 Å². The van der Waals surface area contributed by atoms with E-state index in [1.165, 1.54) is 11.1 Å². The lowest BCUT2D eigenvalue weighted by Crippen LogP contribution is -2.19. The highest BCUT2D eigenvalue weighted by Gasteiger charge is 2.30. The van der Waals surface area contributed by atoms with Gasteiger partial charge in [-0.3, -0.25) is 0 Å². The molecule has 0 N–H and O–H groups in total. The summed E-state index contributed by atoms with van der Waals surface area (Å²) in [7, 11) is 0. The maximum atomic E-state index is 5.24. The molecule has 1 heterocycles. The summed E-state index contributed by atoms with van der Waals surface area (Å²) in [5, 5.41) is 4.07. The van der Waals surface area contributed by atoms with E-state index in [2.05, 4.69) is 31.1 Å². The second-order valence-corrected chi connectivity index (χ2v) is 4.07. The van der Waals surface area contributed by atoms with Gasteiger partial charge < -0.3 is 4.84 Å². The molecule has 2 heteroatoms. The van der Waals surface area contributed by atoms with Crippen LogP contribution in [-0.2, 0) is 4.84 Å². The number of benzene rings is 1. The first-order valence-electron chi connectivity index (χ1n) is 4.75. The van der Waals surface area contributed by atoms with Crippen molar-refractivity contribution in [2.24, 2.45) is 5.16 Å². The third kappa shape index (κ3) is 1.65. The van der Waals surface area contributed by atoms with Gasteiger partial charge in [-0.05, 0) is 26.3 Å². The minimum atomic E-state index is -0.391. The number of hydrogen-bond acceptors (Lipinski definition) is 2. The molecule has 0 saturated heterocycles. The zero-order chi connectivity index (χ0) is 10.2. The van der Waals surface area contributed by atoms with Crippen molar-refractivity contribution in [1.29, 1.82) is 0 Å². The van der Waals surface area contributed by atoms with Crippen LogP contribution in [0.1, 0.15) is 24.5 Å². The maximum Gasteiger partial charge on any atom is 0.140 e. The Balaban J connectivity index is 2.30. The molecule has 1 atom stereocenters. The molecule has 0 amide bonds. The Morgan fingerprint density at radius 3 is 2.71 bits per heavy atom. The molecule has 2 nitrogen and oxygen atoms in total. The lowest BCUT2D eigenvalue weighted by molar-refractivity contribution is 0.0339. The molecule has 1 radical (unpaired) electrons. The fourth-order valence-corrected chi connectivity index (χ4v) is 1.63. The van der Waals surface area contributed by atoms with Gasteiger partial charge in [0.2, 0.25) is 0 Å². The molecule has 1 aliphatic heterocycles. The fraction of sp³-hybridized carbons (Fsp3) is 0.333. The largest absolute Gasteiger partial charge is 0.389 e. The molecule has 73 valence electrons. The third-order valence-electron chi connectivity index (χ3n) is 2.37. The van der Waals surface area contributed by atoms with Gasteiger partial charge in [0.15, 0.2) is 0 Å². The Labute approximate surface area is 84.6 Å². The fourth-order valence-electron chi connectivity index (χ4n) is 1.63. The summed E-state index contributed by atoms with van der Waals surface area (Å²) in [5.74, 6) is 0. The van der Waals surface area contributed by atoms with Crippen LogP contribution in [0.3, 0.4) is 0 Å². The number of rotatable bonds is 1. The number of nitrogens with zero attached hydrogens (tertiary/aromatic N) is 1. The lowest BCUT2D eigenvalue weighted by Gasteiger charge is -2.13. The van der Waals surface area contributed by atoms with Crippen molar-refractivity contribution in [2.75, 3.05) is 0 Å². The van der Waals surface area contributed by atoms with Gasteiger partial charge in [-0.1, -0.05) is 29.4 Å². The van der Waals surface area contributed by atoms with Crippen molar-refractivity contribution < 1.29 is 4.84 Å². The smallest absolute Gasteiger partial charge is 0.140 e. The van der Waals surface area contributed by atoms with Gasteiger partial charge in [0.25, 0.3) is 0 Å². The van der Waals surface area contributed by atoms with Gasteiger partial charge in [0.1, 0.15) is 5.60 Å². The summed E-state index contributed by atoms with van der Waals surface area (Å²) in [6.07, 6.45) is 0.776. The van der Waals surface area contributed by atoms with E-state index in [1.54, 1.807) is 0 Å². The van der Waals surface area contributed by atoms with Crippen LogP contribution in [-0.4, -0.2) is 11.3 Å². The zero-order valence-corrected chi connectivity index (χ0v) is 8.58. The van der Waals surface area contributed by atoms with E-state index in [0.717, 1.165) is 12.1 Å². The molecular formula is C12H14NO. The molecule has 0 aliphatic carbocycles. The van der Waals surface area contributed by atoms with Crippen LogP contribution in [0.15, 0.2) is 29.4 Å². The van der Waals surface area contributed by atoms with Crippen molar-refractivity contribution in [3.63, 3.8) is 0 Å². The Morgan fingerprint density at radius 1 is 1.43 bits per heavy atom. The molecule has 0 spiro atoms. The first-order valence-corrected chi connectivity index (χ1v) is 4.75. The Hall–Kier alpha value is -1.31. The first kappa shape index (κ1) is 9.25. The SMILES string of the molecule is [CH2]C1(C)CC(c2ccccc2C)=NO1. The van der Waals surface area contributed by atoms with Crippen LogP contribution in [0.2, 0.25) is 0 Å². The summed E-state index contributed by atoms with van der Waals surface area (Å²) in [4.78, 5) is 5.24. The Bertz CT molecular complexity index is 380. The van der Waals surface area contributed by atoms with Gasteiger partial charge >= 0.3 is 0 Å². The minimum Gasteiger partial charge on any atom is -0.389 e. The quantitative estimate of drug-likeness (QED) is 0.664. The van der Waals surface area contributed by atoms with Crippen LogP contribution < -0.4 is 0 Å². The molecule has 1 aromatic rings. The van der Waals surface area contributed by atoms with Crippen molar-refractivity contribution in [3.8, 4) is 0 Å². The highest BCUT2D eigenvalue weighted by Crippen LogP contribution is 2.26. The zero-order valence-electron chi connectivity index (χ0n) is 8.58. The number of hydrogen-bond donors (Lipinski definition) is 0. The lowest BCUT2D eigenvalue weighted by atomic mass is 9.95. The van der Waals surface area contributed by atoms with Gasteiger partial charge in [0.05, 0.1) is 5.71 Å². The van der Waals surface area contributed by atoms with Crippen molar-refractivity contribution in [3.05, 3.63) is 42.3 Å². The van der Waals surface area contributed by atoms with Crippen LogP contribution in [0.5, 0.6) is 0 Å². The first-order chi connectivity index (χ1) is 6.58. The van der Waals surface area contributed by atoms with E-state index in [-0.39, 0.29) is 0 Å². The molecule has 1 aliphatic rings. The van der Waals surface area contributed by atoms with Crippen molar-refractivity contribution in [2.45, 2.75) is 25.9 Å². The highest BCUT2D eigenvalue weighted by molar-refractivity contribution is 6.02. The molecule has 0 fully saturated rings. The van der Waals surface area contributed by atoms with E-state index < -0.39 is 5.60 Å². The molecular weight excluding hydrogens is 174 g/mol. The van der Waals surface area contributed by atoms with Gasteiger partial charge in [-0.25, -0.2) is 0 Å². The van der Waals surface area contributed by atoms with E-state index in [4.69, 9.17) is 4.84 Å². The second kappa shape index (κ2) is 3.12. The van der Waals surface area contributed by atoms with Crippen LogP contribution in [0.25, 0.3) is 0 Å². The molecule has 1 aromatic carbocycles. The Kier molecular flexibility index (Phi) is 2.06. The summed E-state index contributed by atoms with van der Waals surface area (Å²) in [6.45, 7) is 7.96. The second-order valence-electron chi connectivity index (χ2n) is 4.07. The van der Waals surface area contributed by atoms with Gasteiger partial charge in [-0.2, -0.15) is 0 Å². The molecule has 0 saturated carbocycles. The summed E-state index contributed by atoms with van der Waals surface area (Å²) >= 11 is 0. The van der Waals surface area contributed by atoms with Crippen molar-refractivity contribution in [1.82, 2.24) is 0 Å². The van der Waals surface area contributed by atoms with Crippen molar-refractivity contribution >= 4 is 5.71 Å². The normalized spacial score (nSPS) is 18.9. The molecule has 0 bridgehead atoms. The molecule has 0 aromatic heterocycles. The van der Waals surface area contributed by atoms with Crippen LogP contribution in [0.4, 0.5) is 0 Å². The predicted molar refractivity (Wildman–Crippen MR) is 57.2 cm³/mol. The average molecular weight is 188 g/mol. The van der Waals surface area contributed by atoms with E-state index in [9.17, 15) is 0 Å². The van der Waals surface area contributed by atoms with Gasteiger partial charge in [-0.15, -0.1) is 0 Å². The van der Waals surface area contributed by atoms with E-state index >= 15 is 0 Å². The predicted octanol–water partition coefficient (Wildman–Crippen LogP) is 2.71. The minimum absolute atomic E-state index is 0.391. The highest BCUT2D eigenvalue weighted by atomic mass is 16.7. The number of aryl methyl sites for hydroxylation is 1. The Morgan fingerprint density at radius 2 is 2.14 bits per heavy atom. The number of oxime groups is 1. The van der Waals surface area contributed by atoms with Gasteiger partial charge in [0, 0.05) is 12.0 Å². The summed E-state index contributed by atoms with van der Waals surface area (Å²) < 4.78 is 0. The summed E-state index contributed by atoms with van der Waals surface area (Å²) in [6, 6.07) is 8.19. The van der Waals surface area contributed by atoms with E-state index in [0.29, 0.717) is 0 Å². The molecule has 2 rings (SSSR count). The van der Waals surface area contributed by atoms with Crippen LogP contribution in [0, 0.1) is 13.8 Å². The third-order valence-corrected chi connectivity index (χ3v) is 2.37. The molecule has 14 heavy (non-hydrogen) atoms. The van der Waals surface area contributed by atoms with Crippen LogP contribution >= 0.6 is 0 Å². The topological polar surface area (TPSA) is 21.6 Å². The monoisotopic (exact) mass is 188 g/mol. The average Bonchev–Trinajstić information content (AvgIpc) is 2.47. The standard InChI is InChI=1S/C12H14NO/c1-9-6-4-5-7-10(9)11-8-12(2,3)14-13-11/h4-7H,2,8H2,1,3H3. The maximum absolute atomic E-state index is 5.24. The molecule has 1 unspecified atom stereocenters. The summed E-state index contributed by atoms with van der Waals surface area (Å²) in [5.41, 5.74) is 3.01.